The van der Waals surface area contributed by atoms with Crippen molar-refractivity contribution in [2.45, 2.75) is 24.7 Å². The number of hydrogen-bond acceptors (Lipinski definition) is 4. The Morgan fingerprint density at radius 2 is 2.04 bits per heavy atom. The van der Waals surface area contributed by atoms with Crippen molar-refractivity contribution < 1.29 is 37.3 Å². The molecule has 0 aromatic heterocycles. The maximum atomic E-state index is 12.7. The van der Waals surface area contributed by atoms with Crippen LogP contribution in [-0.2, 0) is 15.7 Å². The molecule has 0 bridgehead atoms. The Labute approximate surface area is 143 Å². The third-order valence-electron chi connectivity index (χ3n) is 3.53. The average molecular weight is 412 g/mol. The number of likely N-dealkylation sites (tertiary alicyclic amines) is 1. The number of alkyl halides is 3. The van der Waals surface area contributed by atoms with E-state index in [1.165, 1.54) is 0 Å². The summed E-state index contributed by atoms with van der Waals surface area (Å²) in [5.74, 6) is -0.576. The zero-order chi connectivity index (χ0) is 18.1. The minimum absolute atomic E-state index is 0.0532. The summed E-state index contributed by atoms with van der Waals surface area (Å²) in [5.41, 5.74) is -0.846. The molecule has 1 aromatic carbocycles. The van der Waals surface area contributed by atoms with Gasteiger partial charge in [0.2, 0.25) is 0 Å². The van der Waals surface area contributed by atoms with E-state index in [1.807, 2.05) is 0 Å². The maximum absolute atomic E-state index is 12.7. The lowest BCUT2D eigenvalue weighted by atomic mass is 10.2. The molecule has 24 heavy (non-hydrogen) atoms. The van der Waals surface area contributed by atoms with Gasteiger partial charge in [0, 0.05) is 10.9 Å². The minimum atomic E-state index is -4.50. The molecule has 1 heterocycles. The third-order valence-corrected chi connectivity index (χ3v) is 4.19. The van der Waals surface area contributed by atoms with Crippen molar-refractivity contribution >= 4 is 28.0 Å². The van der Waals surface area contributed by atoms with E-state index in [0.29, 0.717) is 0 Å². The number of esters is 1. The van der Waals surface area contributed by atoms with Crippen LogP contribution in [0.15, 0.2) is 22.7 Å². The summed E-state index contributed by atoms with van der Waals surface area (Å²) in [6.07, 6.45) is -6.42. The highest BCUT2D eigenvalue weighted by molar-refractivity contribution is 9.10. The van der Waals surface area contributed by atoms with E-state index in [-0.39, 0.29) is 23.2 Å². The second kappa shape index (κ2) is 6.88. The van der Waals surface area contributed by atoms with Gasteiger partial charge >= 0.3 is 18.2 Å². The van der Waals surface area contributed by atoms with Gasteiger partial charge in [-0.1, -0.05) is 15.9 Å². The molecule has 132 valence electrons. The van der Waals surface area contributed by atoms with Gasteiger partial charge in [-0.2, -0.15) is 13.2 Å². The third kappa shape index (κ3) is 3.92. The SMILES string of the molecule is COC(=O)[C@@H]1C[C@H](Oc2ccc(C(F)(F)F)c(Br)c2)CN1C(=O)O. The molecule has 10 heteroatoms. The normalized spacial score (nSPS) is 20.8. The molecule has 2 rings (SSSR count). The summed E-state index contributed by atoms with van der Waals surface area (Å²) in [6.45, 7) is -0.0895. The van der Waals surface area contributed by atoms with Gasteiger partial charge in [0.1, 0.15) is 17.9 Å². The van der Waals surface area contributed by atoms with E-state index < -0.39 is 35.9 Å². The standard InChI is InChI=1S/C14H13BrF3NO5/c1-23-12(20)11-5-8(6-19(11)13(21)22)24-7-2-3-9(10(15)4-7)14(16,17)18/h2-4,8,11H,5-6H2,1H3,(H,21,22)/t8-,11-/m0/s1. The number of rotatable bonds is 3. The molecule has 2 atom stereocenters. The lowest BCUT2D eigenvalue weighted by Crippen LogP contribution is -2.40. The molecule has 0 saturated carbocycles. The lowest BCUT2D eigenvalue weighted by molar-refractivity contribution is -0.145. The smallest absolute Gasteiger partial charge is 0.417 e. The van der Waals surface area contributed by atoms with Crippen LogP contribution >= 0.6 is 15.9 Å². The van der Waals surface area contributed by atoms with Gasteiger partial charge in [0.15, 0.2) is 0 Å². The Hall–Kier alpha value is -1.97. The van der Waals surface area contributed by atoms with Gasteiger partial charge in [-0.25, -0.2) is 9.59 Å². The van der Waals surface area contributed by atoms with Crippen LogP contribution in [0.3, 0.4) is 0 Å². The number of amides is 1. The summed E-state index contributed by atoms with van der Waals surface area (Å²) in [7, 11) is 1.14. The van der Waals surface area contributed by atoms with Crippen LogP contribution in [0.25, 0.3) is 0 Å². The Morgan fingerprint density at radius 3 is 2.54 bits per heavy atom. The number of carboxylic acid groups (broad SMARTS) is 1. The largest absolute Gasteiger partial charge is 0.488 e. The number of benzene rings is 1. The van der Waals surface area contributed by atoms with Gasteiger partial charge in [-0.15, -0.1) is 0 Å². The number of hydrogen-bond donors (Lipinski definition) is 1. The average Bonchev–Trinajstić information content (AvgIpc) is 2.89. The predicted molar refractivity (Wildman–Crippen MR) is 78.7 cm³/mol. The summed E-state index contributed by atoms with van der Waals surface area (Å²) >= 11 is 2.84. The molecule has 1 aliphatic rings. The zero-order valence-corrected chi connectivity index (χ0v) is 13.9. The Balaban J connectivity index is 2.13. The molecule has 0 spiro atoms. The number of halogens is 4. The number of methoxy groups -OCH3 is 1. The lowest BCUT2D eigenvalue weighted by Gasteiger charge is -2.18. The van der Waals surface area contributed by atoms with Crippen LogP contribution in [0, 0.1) is 0 Å². The van der Waals surface area contributed by atoms with Crippen molar-refractivity contribution in [3.63, 3.8) is 0 Å². The van der Waals surface area contributed by atoms with Crippen molar-refractivity contribution in [1.82, 2.24) is 4.90 Å². The number of carbonyl (C=O) groups is 2. The predicted octanol–water partition coefficient (Wildman–Crippen LogP) is 3.14. The van der Waals surface area contributed by atoms with Gasteiger partial charge in [-0.3, -0.25) is 4.90 Å². The second-order valence-electron chi connectivity index (χ2n) is 5.09. The Kier molecular flexibility index (Phi) is 5.26. The van der Waals surface area contributed by atoms with Crippen molar-refractivity contribution in [2.24, 2.45) is 0 Å². The van der Waals surface area contributed by atoms with Gasteiger partial charge in [-0.05, 0) is 18.2 Å². The summed E-state index contributed by atoms with van der Waals surface area (Å²) in [4.78, 5) is 23.7. The van der Waals surface area contributed by atoms with E-state index in [4.69, 9.17) is 9.84 Å². The fourth-order valence-corrected chi connectivity index (χ4v) is 3.03. The van der Waals surface area contributed by atoms with Crippen molar-refractivity contribution in [1.29, 1.82) is 0 Å². The molecule has 0 unspecified atom stereocenters. The topological polar surface area (TPSA) is 76.1 Å². The van der Waals surface area contributed by atoms with E-state index >= 15 is 0 Å². The summed E-state index contributed by atoms with van der Waals surface area (Å²) in [6, 6.07) is 2.15. The zero-order valence-electron chi connectivity index (χ0n) is 12.3. The fourth-order valence-electron chi connectivity index (χ4n) is 2.45. The van der Waals surface area contributed by atoms with Crippen LogP contribution in [0.4, 0.5) is 18.0 Å². The number of nitrogens with zero attached hydrogens (tertiary/aromatic N) is 1. The summed E-state index contributed by atoms with van der Waals surface area (Å²) < 4.78 is 48.0. The van der Waals surface area contributed by atoms with E-state index in [9.17, 15) is 22.8 Å². The minimum Gasteiger partial charge on any atom is -0.488 e. The monoisotopic (exact) mass is 411 g/mol. The van der Waals surface area contributed by atoms with Crippen LogP contribution in [-0.4, -0.2) is 47.9 Å². The molecule has 1 saturated heterocycles. The van der Waals surface area contributed by atoms with Crippen LogP contribution in [0.1, 0.15) is 12.0 Å². The molecule has 1 N–H and O–H groups in total. The van der Waals surface area contributed by atoms with Gasteiger partial charge in [0.25, 0.3) is 0 Å². The quantitative estimate of drug-likeness (QED) is 0.773. The van der Waals surface area contributed by atoms with Crippen molar-refractivity contribution in [2.75, 3.05) is 13.7 Å². The van der Waals surface area contributed by atoms with Crippen molar-refractivity contribution in [3.05, 3.63) is 28.2 Å². The molecular weight excluding hydrogens is 399 g/mol. The number of ether oxygens (including phenoxy) is 2. The first-order chi connectivity index (χ1) is 11.1. The van der Waals surface area contributed by atoms with Gasteiger partial charge < -0.3 is 14.6 Å². The maximum Gasteiger partial charge on any atom is 0.417 e. The van der Waals surface area contributed by atoms with Crippen LogP contribution in [0.2, 0.25) is 0 Å². The summed E-state index contributed by atoms with van der Waals surface area (Å²) in [5, 5.41) is 9.11. The molecular formula is C14H13BrF3NO5. The fraction of sp³-hybridized carbons (Fsp3) is 0.429. The van der Waals surface area contributed by atoms with Gasteiger partial charge in [0.05, 0.1) is 19.2 Å². The highest BCUT2D eigenvalue weighted by atomic mass is 79.9. The molecule has 1 amide bonds. The first-order valence-corrected chi connectivity index (χ1v) is 7.53. The first kappa shape index (κ1) is 18.4. The van der Waals surface area contributed by atoms with E-state index in [2.05, 4.69) is 20.7 Å². The number of carbonyl (C=O) groups excluding carboxylic acids is 1. The first-order valence-electron chi connectivity index (χ1n) is 6.74. The van der Waals surface area contributed by atoms with Crippen molar-refractivity contribution in [3.8, 4) is 5.75 Å². The molecule has 1 aliphatic heterocycles. The molecule has 0 radical (unpaired) electrons. The Morgan fingerprint density at radius 1 is 1.38 bits per heavy atom. The van der Waals surface area contributed by atoms with Crippen LogP contribution < -0.4 is 4.74 Å². The highest BCUT2D eigenvalue weighted by Crippen LogP contribution is 2.37. The van der Waals surface area contributed by atoms with Crippen LogP contribution in [0.5, 0.6) is 5.75 Å². The van der Waals surface area contributed by atoms with E-state index in [0.717, 1.165) is 30.2 Å². The van der Waals surface area contributed by atoms with E-state index in [1.54, 1.807) is 0 Å². The molecule has 1 fully saturated rings. The molecule has 6 nitrogen and oxygen atoms in total. The second-order valence-corrected chi connectivity index (χ2v) is 5.94. The molecule has 0 aliphatic carbocycles. The molecule has 1 aromatic rings. The Bertz CT molecular complexity index is 652. The highest BCUT2D eigenvalue weighted by Gasteiger charge is 2.41.